The van der Waals surface area contributed by atoms with Crippen LogP contribution in [-0.2, 0) is 13.1 Å². The highest BCUT2D eigenvalue weighted by Crippen LogP contribution is 2.31. The molecular formula is C21H26N4. The Morgan fingerprint density at radius 2 is 2.04 bits per heavy atom. The van der Waals surface area contributed by atoms with E-state index < -0.39 is 0 Å². The molecule has 1 aliphatic carbocycles. The first-order valence-corrected chi connectivity index (χ1v) is 9.55. The zero-order valence-electron chi connectivity index (χ0n) is 14.8. The summed E-state index contributed by atoms with van der Waals surface area (Å²) in [5.41, 5.74) is 1.94. The lowest BCUT2D eigenvalue weighted by Crippen LogP contribution is -2.35. The molecule has 0 bridgehead atoms. The Hall–Kier alpha value is -2.12. The molecule has 4 heteroatoms. The van der Waals surface area contributed by atoms with Gasteiger partial charge in [0.25, 0.3) is 0 Å². The minimum absolute atomic E-state index is 0.512. The van der Waals surface area contributed by atoms with E-state index in [1.807, 2.05) is 24.4 Å². The second-order valence-electron chi connectivity index (χ2n) is 7.58. The van der Waals surface area contributed by atoms with E-state index in [-0.39, 0.29) is 0 Å². The van der Waals surface area contributed by atoms with Gasteiger partial charge in [0, 0.05) is 37.9 Å². The van der Waals surface area contributed by atoms with Gasteiger partial charge in [-0.1, -0.05) is 24.6 Å². The standard InChI is InChI=1S/C21H26N4/c22-13-18-7-1-2-8-19(18)15-24-11-4-9-20(16-24)21-23-10-12-25(21)14-17-5-3-6-17/h1-2,7-8,10,12,17,20H,3-6,9,11,14-16H2/t20-/m1/s1. The van der Waals surface area contributed by atoms with Gasteiger partial charge in [-0.2, -0.15) is 5.26 Å². The maximum Gasteiger partial charge on any atom is 0.113 e. The topological polar surface area (TPSA) is 44.9 Å². The second kappa shape index (κ2) is 7.41. The average molecular weight is 334 g/mol. The smallest absolute Gasteiger partial charge is 0.113 e. The lowest BCUT2D eigenvalue weighted by Gasteiger charge is -2.33. The van der Waals surface area contributed by atoms with Crippen molar-refractivity contribution in [2.24, 2.45) is 5.92 Å². The average Bonchev–Trinajstić information content (AvgIpc) is 3.07. The molecule has 1 aromatic heterocycles. The maximum absolute atomic E-state index is 9.32. The number of piperidine rings is 1. The van der Waals surface area contributed by atoms with Crippen LogP contribution in [0.4, 0.5) is 0 Å². The minimum atomic E-state index is 0.512. The van der Waals surface area contributed by atoms with Crippen molar-refractivity contribution >= 4 is 0 Å². The predicted octanol–water partition coefficient (Wildman–Crippen LogP) is 3.93. The van der Waals surface area contributed by atoms with Crippen LogP contribution in [0, 0.1) is 17.2 Å². The molecule has 1 aliphatic heterocycles. The van der Waals surface area contributed by atoms with E-state index in [1.54, 1.807) is 0 Å². The Labute approximate surface area is 150 Å². The predicted molar refractivity (Wildman–Crippen MR) is 98.0 cm³/mol. The molecule has 2 aromatic rings. The summed E-state index contributed by atoms with van der Waals surface area (Å²) < 4.78 is 2.40. The Bertz CT molecular complexity index is 753. The summed E-state index contributed by atoms with van der Waals surface area (Å²) >= 11 is 0. The Morgan fingerprint density at radius 1 is 1.16 bits per heavy atom. The van der Waals surface area contributed by atoms with E-state index in [9.17, 15) is 5.26 Å². The van der Waals surface area contributed by atoms with Crippen LogP contribution in [0.15, 0.2) is 36.7 Å². The van der Waals surface area contributed by atoms with Crippen molar-refractivity contribution in [3.8, 4) is 6.07 Å². The van der Waals surface area contributed by atoms with E-state index >= 15 is 0 Å². The zero-order chi connectivity index (χ0) is 17.1. The number of imidazole rings is 1. The molecule has 25 heavy (non-hydrogen) atoms. The molecule has 0 spiro atoms. The van der Waals surface area contributed by atoms with Crippen molar-refractivity contribution in [3.63, 3.8) is 0 Å². The van der Waals surface area contributed by atoms with Gasteiger partial charge in [0.1, 0.15) is 5.82 Å². The molecule has 0 amide bonds. The van der Waals surface area contributed by atoms with Crippen molar-refractivity contribution in [2.45, 2.75) is 51.1 Å². The molecule has 2 fully saturated rings. The highest BCUT2D eigenvalue weighted by Gasteiger charge is 2.26. The van der Waals surface area contributed by atoms with Gasteiger partial charge < -0.3 is 4.57 Å². The van der Waals surface area contributed by atoms with Crippen LogP contribution in [0.25, 0.3) is 0 Å². The SMILES string of the molecule is N#Cc1ccccc1CN1CCC[C@@H](c2nccn2CC2CCC2)C1. The summed E-state index contributed by atoms with van der Waals surface area (Å²) in [7, 11) is 0. The molecule has 1 saturated heterocycles. The summed E-state index contributed by atoms with van der Waals surface area (Å²) in [6, 6.07) is 10.3. The van der Waals surface area contributed by atoms with E-state index in [1.165, 1.54) is 37.9 Å². The number of nitrogens with zero attached hydrogens (tertiary/aromatic N) is 4. The molecule has 2 heterocycles. The van der Waals surface area contributed by atoms with Gasteiger partial charge >= 0.3 is 0 Å². The molecule has 1 atom stereocenters. The monoisotopic (exact) mass is 334 g/mol. The fourth-order valence-electron chi connectivity index (χ4n) is 4.21. The molecule has 1 aromatic carbocycles. The van der Waals surface area contributed by atoms with Crippen LogP contribution < -0.4 is 0 Å². The van der Waals surface area contributed by atoms with Crippen LogP contribution in [0.3, 0.4) is 0 Å². The Balaban J connectivity index is 1.44. The molecule has 1 saturated carbocycles. The van der Waals surface area contributed by atoms with Gasteiger partial charge in [0.05, 0.1) is 11.6 Å². The third-order valence-corrected chi connectivity index (χ3v) is 5.83. The van der Waals surface area contributed by atoms with E-state index in [0.717, 1.165) is 43.2 Å². The van der Waals surface area contributed by atoms with Crippen molar-refractivity contribution in [1.82, 2.24) is 14.5 Å². The number of likely N-dealkylation sites (tertiary alicyclic amines) is 1. The second-order valence-corrected chi connectivity index (χ2v) is 7.58. The summed E-state index contributed by atoms with van der Waals surface area (Å²) in [5.74, 6) is 2.64. The largest absolute Gasteiger partial charge is 0.334 e. The van der Waals surface area contributed by atoms with Crippen LogP contribution >= 0.6 is 0 Å². The van der Waals surface area contributed by atoms with Crippen LogP contribution in [0.1, 0.15) is 55.0 Å². The fourth-order valence-corrected chi connectivity index (χ4v) is 4.21. The van der Waals surface area contributed by atoms with Crippen LogP contribution in [-0.4, -0.2) is 27.5 Å². The first-order chi connectivity index (χ1) is 12.3. The van der Waals surface area contributed by atoms with Crippen molar-refractivity contribution in [1.29, 1.82) is 5.26 Å². The molecule has 0 radical (unpaired) electrons. The minimum Gasteiger partial charge on any atom is -0.334 e. The maximum atomic E-state index is 9.32. The highest BCUT2D eigenvalue weighted by molar-refractivity contribution is 5.37. The van der Waals surface area contributed by atoms with Gasteiger partial charge in [0.2, 0.25) is 0 Å². The molecule has 4 nitrogen and oxygen atoms in total. The Morgan fingerprint density at radius 3 is 2.84 bits per heavy atom. The summed E-state index contributed by atoms with van der Waals surface area (Å²) in [4.78, 5) is 7.20. The number of hydrogen-bond donors (Lipinski definition) is 0. The van der Waals surface area contributed by atoms with Crippen molar-refractivity contribution in [3.05, 3.63) is 53.6 Å². The van der Waals surface area contributed by atoms with Crippen LogP contribution in [0.5, 0.6) is 0 Å². The third kappa shape index (κ3) is 3.62. The van der Waals surface area contributed by atoms with Gasteiger partial charge in [-0.25, -0.2) is 4.98 Å². The van der Waals surface area contributed by atoms with Gasteiger partial charge in [-0.3, -0.25) is 4.90 Å². The summed E-state index contributed by atoms with van der Waals surface area (Å²) in [6.07, 6.45) is 10.7. The van der Waals surface area contributed by atoms with E-state index in [2.05, 4.69) is 27.8 Å². The van der Waals surface area contributed by atoms with E-state index in [0.29, 0.717) is 5.92 Å². The highest BCUT2D eigenvalue weighted by atomic mass is 15.1. The van der Waals surface area contributed by atoms with Crippen molar-refractivity contribution < 1.29 is 0 Å². The molecule has 4 rings (SSSR count). The lowest BCUT2D eigenvalue weighted by atomic mass is 9.85. The third-order valence-electron chi connectivity index (χ3n) is 5.83. The van der Waals surface area contributed by atoms with Crippen molar-refractivity contribution in [2.75, 3.05) is 13.1 Å². The number of benzene rings is 1. The number of nitriles is 1. The first-order valence-electron chi connectivity index (χ1n) is 9.55. The lowest BCUT2D eigenvalue weighted by molar-refractivity contribution is 0.191. The molecular weight excluding hydrogens is 308 g/mol. The van der Waals surface area contributed by atoms with E-state index in [4.69, 9.17) is 4.98 Å². The number of aromatic nitrogens is 2. The Kier molecular flexibility index (Phi) is 4.85. The van der Waals surface area contributed by atoms with Crippen LogP contribution in [0.2, 0.25) is 0 Å². The van der Waals surface area contributed by atoms with Gasteiger partial charge in [-0.15, -0.1) is 0 Å². The molecule has 2 aliphatic rings. The number of hydrogen-bond acceptors (Lipinski definition) is 3. The number of rotatable bonds is 5. The normalized spacial score (nSPS) is 21.6. The first kappa shape index (κ1) is 16.4. The zero-order valence-corrected chi connectivity index (χ0v) is 14.8. The fraction of sp³-hybridized carbons (Fsp3) is 0.524. The molecule has 0 N–H and O–H groups in total. The quantitative estimate of drug-likeness (QED) is 0.832. The van der Waals surface area contributed by atoms with Gasteiger partial charge in [0.15, 0.2) is 0 Å². The van der Waals surface area contributed by atoms with Gasteiger partial charge in [-0.05, 0) is 49.8 Å². The summed E-state index contributed by atoms with van der Waals surface area (Å²) in [6.45, 7) is 4.16. The molecule has 0 unspecified atom stereocenters. The molecule has 130 valence electrons. The summed E-state index contributed by atoms with van der Waals surface area (Å²) in [5, 5.41) is 9.32.